The van der Waals surface area contributed by atoms with Crippen molar-refractivity contribution < 1.29 is 33.4 Å². The minimum Gasteiger partial charge on any atom is -0.497 e. The van der Waals surface area contributed by atoms with E-state index in [2.05, 4.69) is 16.9 Å². The lowest BCUT2D eigenvalue weighted by Gasteiger charge is -2.27. The Morgan fingerprint density at radius 2 is 1.61 bits per heavy atom. The van der Waals surface area contributed by atoms with Crippen LogP contribution < -0.4 is 24.3 Å². The molecule has 1 saturated heterocycles. The molecule has 0 aliphatic carbocycles. The van der Waals surface area contributed by atoms with Crippen molar-refractivity contribution in [2.24, 2.45) is 0 Å². The van der Waals surface area contributed by atoms with E-state index in [1.807, 2.05) is 55.5 Å². The van der Waals surface area contributed by atoms with Crippen LogP contribution in [0, 0.1) is 0 Å². The van der Waals surface area contributed by atoms with Crippen molar-refractivity contribution in [2.75, 3.05) is 27.4 Å². The van der Waals surface area contributed by atoms with E-state index in [0.717, 1.165) is 28.2 Å². The number of urea groups is 1. The highest BCUT2D eigenvalue weighted by Gasteiger charge is 2.47. The number of hydrogen-bond acceptors (Lipinski definition) is 8. The summed E-state index contributed by atoms with van der Waals surface area (Å²) in [5.41, 5.74) is 3.35. The molecule has 3 aromatic rings. The Balaban J connectivity index is 1.27. The summed E-state index contributed by atoms with van der Waals surface area (Å²) in [5, 5.41) is 4.23. The third-order valence-corrected chi connectivity index (χ3v) is 7.41. The summed E-state index contributed by atoms with van der Waals surface area (Å²) in [6.45, 7) is 6.81. The van der Waals surface area contributed by atoms with Crippen LogP contribution in [0.5, 0.6) is 23.0 Å². The van der Waals surface area contributed by atoms with Crippen molar-refractivity contribution >= 4 is 11.9 Å². The third-order valence-electron chi connectivity index (χ3n) is 7.41. The average Bonchev–Trinajstić information content (AvgIpc) is 3.34. The molecule has 11 nitrogen and oxygen atoms in total. The highest BCUT2D eigenvalue weighted by molar-refractivity contribution is 5.90. The summed E-state index contributed by atoms with van der Waals surface area (Å²) in [7, 11) is 3.24. The van der Waals surface area contributed by atoms with Gasteiger partial charge in [-0.05, 0) is 47.9 Å². The molecule has 1 aromatic heterocycles. The molecule has 2 aliphatic rings. The summed E-state index contributed by atoms with van der Waals surface area (Å²) >= 11 is 0. The van der Waals surface area contributed by atoms with Gasteiger partial charge in [-0.3, -0.25) is 14.6 Å². The van der Waals surface area contributed by atoms with Crippen LogP contribution in [0.15, 0.2) is 85.1 Å². The first-order valence-corrected chi connectivity index (χ1v) is 14.2. The van der Waals surface area contributed by atoms with Gasteiger partial charge in [-0.1, -0.05) is 36.4 Å². The molecule has 0 spiro atoms. The Kier molecular flexibility index (Phi) is 9.65. The van der Waals surface area contributed by atoms with Crippen molar-refractivity contribution in [3.8, 4) is 23.0 Å². The van der Waals surface area contributed by atoms with Crippen molar-refractivity contribution in [1.29, 1.82) is 0 Å². The van der Waals surface area contributed by atoms with Gasteiger partial charge in [-0.2, -0.15) is 5.06 Å². The number of aromatic nitrogens is 1. The quantitative estimate of drug-likeness (QED) is 0.271. The van der Waals surface area contributed by atoms with Crippen LogP contribution in [0.4, 0.5) is 4.79 Å². The second-order valence-electron chi connectivity index (χ2n) is 10.3. The predicted molar refractivity (Wildman–Crippen MR) is 162 cm³/mol. The highest BCUT2D eigenvalue weighted by atomic mass is 16.7. The molecule has 0 unspecified atom stereocenters. The van der Waals surface area contributed by atoms with Gasteiger partial charge in [0.1, 0.15) is 30.8 Å². The van der Waals surface area contributed by atoms with E-state index in [-0.39, 0.29) is 37.7 Å². The van der Waals surface area contributed by atoms with Crippen molar-refractivity contribution in [3.05, 3.63) is 102 Å². The third kappa shape index (κ3) is 6.95. The fourth-order valence-electron chi connectivity index (χ4n) is 4.94. The monoisotopic (exact) mass is 600 g/mol. The number of rotatable bonds is 14. The minimum absolute atomic E-state index is 0.127. The van der Waals surface area contributed by atoms with Crippen LogP contribution in [0.2, 0.25) is 0 Å². The molecule has 2 bridgehead atoms. The van der Waals surface area contributed by atoms with Crippen LogP contribution in [0.1, 0.15) is 23.7 Å². The molecule has 1 N–H and O–H groups in total. The summed E-state index contributed by atoms with van der Waals surface area (Å²) in [4.78, 5) is 37.8. The van der Waals surface area contributed by atoms with E-state index in [1.165, 1.54) is 9.96 Å². The second kappa shape index (κ2) is 14.0. The molecule has 0 saturated carbocycles. The number of methoxy groups -OCH3 is 2. The Morgan fingerprint density at radius 1 is 1.00 bits per heavy atom. The topological polar surface area (TPSA) is 112 Å². The maximum atomic E-state index is 13.3. The highest BCUT2D eigenvalue weighted by Crippen LogP contribution is 2.31. The molecule has 11 heteroatoms. The number of nitrogens with one attached hydrogen (secondary N) is 1. The number of ether oxygens (including phenoxy) is 4. The SMILES string of the molecule is C=CCON1C(=O)N2C[C@H]1C(C)=C[C@H]2C(=O)NCc1cc(OCc2ccc(OC)cc2)c(OCc2ccc(OC)cc2)cn1. The molecule has 44 heavy (non-hydrogen) atoms. The number of carbonyl (C=O) groups is 2. The first-order valence-electron chi connectivity index (χ1n) is 14.2. The number of pyridine rings is 1. The number of hydrogen-bond donors (Lipinski definition) is 1. The number of fused-ring (bicyclic) bond motifs is 2. The zero-order valence-electron chi connectivity index (χ0n) is 25.0. The fourth-order valence-corrected chi connectivity index (χ4v) is 4.94. The van der Waals surface area contributed by atoms with Gasteiger partial charge in [0.25, 0.3) is 0 Å². The number of hydroxylamine groups is 2. The smallest absolute Gasteiger partial charge is 0.345 e. The lowest BCUT2D eigenvalue weighted by atomic mass is 10.0. The number of benzene rings is 2. The van der Waals surface area contributed by atoms with Gasteiger partial charge in [-0.25, -0.2) is 4.79 Å². The molecule has 1 fully saturated rings. The van der Waals surface area contributed by atoms with Crippen molar-refractivity contribution in [2.45, 2.75) is 38.8 Å². The van der Waals surface area contributed by atoms with Gasteiger partial charge in [0.05, 0.1) is 51.8 Å². The van der Waals surface area contributed by atoms with E-state index in [9.17, 15) is 9.59 Å². The van der Waals surface area contributed by atoms with Gasteiger partial charge in [0.15, 0.2) is 11.5 Å². The Labute approximate surface area is 256 Å². The van der Waals surface area contributed by atoms with Gasteiger partial charge < -0.3 is 29.2 Å². The van der Waals surface area contributed by atoms with Crippen molar-refractivity contribution in [3.63, 3.8) is 0 Å². The first kappa shape index (κ1) is 30.4. The van der Waals surface area contributed by atoms with Crippen LogP contribution in [0.3, 0.4) is 0 Å². The fraction of sp³-hybridized carbons (Fsp3) is 0.303. The molecule has 0 radical (unpaired) electrons. The minimum atomic E-state index is -0.756. The second-order valence-corrected chi connectivity index (χ2v) is 10.3. The number of nitrogens with zero attached hydrogens (tertiary/aromatic N) is 3. The summed E-state index contributed by atoms with van der Waals surface area (Å²) in [5.74, 6) is 2.14. The van der Waals surface area contributed by atoms with Crippen LogP contribution in [-0.4, -0.2) is 66.3 Å². The summed E-state index contributed by atoms with van der Waals surface area (Å²) < 4.78 is 22.7. The Bertz CT molecular complexity index is 1510. The summed E-state index contributed by atoms with van der Waals surface area (Å²) in [6, 6.07) is 15.6. The molecular formula is C33H36N4O7. The normalized spacial score (nSPS) is 17.2. The lowest BCUT2D eigenvalue weighted by molar-refractivity contribution is -0.124. The molecule has 230 valence electrons. The van der Waals surface area contributed by atoms with E-state index >= 15 is 0 Å². The maximum Gasteiger partial charge on any atom is 0.345 e. The molecule has 5 rings (SSSR count). The standard InChI is InChI=1S/C33H36N4O7/c1-5-14-44-37-29-19-36(33(37)39)28(15-22(29)2)32(38)35-17-25-16-30(42-20-23-6-10-26(40-3)11-7-23)31(18-34-25)43-21-24-8-12-27(41-4)13-9-24/h5-13,15-16,18,28-29H,1,14,17,19-21H2,2-4H3,(H,35,38)/t28-,29-/m0/s1. The first-order chi connectivity index (χ1) is 21.4. The molecular weight excluding hydrogens is 564 g/mol. The Hall–Kier alpha value is -5.03. The van der Waals surface area contributed by atoms with Crippen LogP contribution in [-0.2, 0) is 29.4 Å². The average molecular weight is 601 g/mol. The van der Waals surface area contributed by atoms with Crippen LogP contribution >= 0.6 is 0 Å². The maximum absolute atomic E-state index is 13.3. The Morgan fingerprint density at radius 3 is 2.20 bits per heavy atom. The van der Waals surface area contributed by atoms with Gasteiger partial charge in [0, 0.05) is 6.07 Å². The van der Waals surface area contributed by atoms with Gasteiger partial charge in [-0.15, -0.1) is 6.58 Å². The summed E-state index contributed by atoms with van der Waals surface area (Å²) in [6.07, 6.45) is 4.96. The zero-order valence-corrected chi connectivity index (χ0v) is 25.0. The van der Waals surface area contributed by atoms with E-state index in [0.29, 0.717) is 30.3 Å². The van der Waals surface area contributed by atoms with E-state index in [1.54, 1.807) is 38.6 Å². The lowest BCUT2D eigenvalue weighted by Crippen LogP contribution is -2.48. The van der Waals surface area contributed by atoms with Crippen LogP contribution in [0.25, 0.3) is 0 Å². The zero-order chi connectivity index (χ0) is 31.1. The predicted octanol–water partition coefficient (Wildman–Crippen LogP) is 4.43. The van der Waals surface area contributed by atoms with Gasteiger partial charge >= 0.3 is 6.03 Å². The van der Waals surface area contributed by atoms with E-state index in [4.69, 9.17) is 23.8 Å². The van der Waals surface area contributed by atoms with E-state index < -0.39 is 6.04 Å². The molecule has 2 aromatic carbocycles. The number of amides is 3. The van der Waals surface area contributed by atoms with Gasteiger partial charge in [0.2, 0.25) is 5.91 Å². The molecule has 3 amide bonds. The molecule has 2 atom stereocenters. The molecule has 2 aliphatic heterocycles. The molecule has 3 heterocycles. The largest absolute Gasteiger partial charge is 0.497 e. The van der Waals surface area contributed by atoms with Crippen molar-refractivity contribution in [1.82, 2.24) is 20.3 Å². The number of carbonyl (C=O) groups excluding carboxylic acids is 2.